The Hall–Kier alpha value is -2.64. The van der Waals surface area contributed by atoms with Crippen molar-refractivity contribution < 1.29 is 23.1 Å². The Morgan fingerprint density at radius 3 is 2.26 bits per heavy atom. The molecule has 0 saturated heterocycles. The van der Waals surface area contributed by atoms with Crippen molar-refractivity contribution >= 4 is 5.97 Å². The van der Waals surface area contributed by atoms with Crippen molar-refractivity contribution in [1.29, 1.82) is 0 Å². The highest BCUT2D eigenvalue weighted by molar-refractivity contribution is 5.84. The summed E-state index contributed by atoms with van der Waals surface area (Å²) >= 11 is 0. The molecule has 98 valence electrons. The number of hydrogen-bond acceptors (Lipinski definition) is 3. The molecule has 0 aliphatic rings. The maximum atomic E-state index is 13.0. The van der Waals surface area contributed by atoms with Gasteiger partial charge in [-0.05, 0) is 6.07 Å². The fourth-order valence-electron chi connectivity index (χ4n) is 1.37. The maximum absolute atomic E-state index is 13.0. The zero-order valence-electron chi connectivity index (χ0n) is 9.10. The number of carboxylic acids is 1. The first-order valence-corrected chi connectivity index (χ1v) is 4.89. The van der Waals surface area contributed by atoms with Crippen LogP contribution in [0.1, 0.15) is 10.5 Å². The number of rotatable bonds is 2. The van der Waals surface area contributed by atoms with Crippen LogP contribution in [0.2, 0.25) is 0 Å². The SMILES string of the molecule is O=C(O)c1ccc(=O)n(-c2cc(F)c(F)c(F)c2)n1. The van der Waals surface area contributed by atoms with Crippen molar-refractivity contribution in [1.82, 2.24) is 9.78 Å². The molecule has 0 amide bonds. The molecule has 0 aliphatic carbocycles. The number of carboxylic acid groups (broad SMARTS) is 1. The van der Waals surface area contributed by atoms with Gasteiger partial charge < -0.3 is 5.11 Å². The molecule has 0 unspecified atom stereocenters. The summed E-state index contributed by atoms with van der Waals surface area (Å²) in [4.78, 5) is 22.2. The summed E-state index contributed by atoms with van der Waals surface area (Å²) in [6.07, 6.45) is 0. The highest BCUT2D eigenvalue weighted by Gasteiger charge is 2.14. The number of hydrogen-bond donors (Lipinski definition) is 1. The summed E-state index contributed by atoms with van der Waals surface area (Å²) in [7, 11) is 0. The molecular formula is C11H5F3N2O3. The minimum atomic E-state index is -1.69. The smallest absolute Gasteiger partial charge is 0.356 e. The lowest BCUT2D eigenvalue weighted by Crippen LogP contribution is -2.23. The van der Waals surface area contributed by atoms with E-state index in [2.05, 4.69) is 5.10 Å². The van der Waals surface area contributed by atoms with Gasteiger partial charge >= 0.3 is 5.97 Å². The molecule has 0 aliphatic heterocycles. The molecule has 1 aromatic carbocycles. The van der Waals surface area contributed by atoms with E-state index in [0.717, 1.165) is 12.1 Å². The third-order valence-electron chi connectivity index (χ3n) is 2.23. The van der Waals surface area contributed by atoms with E-state index >= 15 is 0 Å². The monoisotopic (exact) mass is 270 g/mol. The lowest BCUT2D eigenvalue weighted by Gasteiger charge is -2.06. The molecule has 8 heteroatoms. The van der Waals surface area contributed by atoms with Gasteiger partial charge in [-0.1, -0.05) is 0 Å². The van der Waals surface area contributed by atoms with E-state index in [1.165, 1.54) is 0 Å². The molecule has 0 saturated carbocycles. The number of carbonyl (C=O) groups is 1. The van der Waals surface area contributed by atoms with Crippen LogP contribution in [0.25, 0.3) is 5.69 Å². The molecule has 19 heavy (non-hydrogen) atoms. The zero-order valence-corrected chi connectivity index (χ0v) is 9.10. The highest BCUT2D eigenvalue weighted by atomic mass is 19.2. The summed E-state index contributed by atoms with van der Waals surface area (Å²) in [5.41, 5.74) is -1.72. The van der Waals surface area contributed by atoms with Crippen LogP contribution >= 0.6 is 0 Å². The Morgan fingerprint density at radius 1 is 1.16 bits per heavy atom. The molecule has 1 N–H and O–H groups in total. The molecule has 0 bridgehead atoms. The van der Waals surface area contributed by atoms with Gasteiger partial charge in [0.05, 0.1) is 5.69 Å². The number of aromatic nitrogens is 2. The molecular weight excluding hydrogens is 265 g/mol. The Labute approximate surface area is 103 Å². The van der Waals surface area contributed by atoms with Gasteiger partial charge in [0.1, 0.15) is 0 Å². The van der Waals surface area contributed by atoms with E-state index in [-0.39, 0.29) is 0 Å². The summed E-state index contributed by atoms with van der Waals surface area (Å²) in [5.74, 6) is -6.13. The summed E-state index contributed by atoms with van der Waals surface area (Å²) < 4.78 is 39.3. The lowest BCUT2D eigenvalue weighted by atomic mass is 10.3. The fourth-order valence-corrected chi connectivity index (χ4v) is 1.37. The second-order valence-corrected chi connectivity index (χ2v) is 3.50. The van der Waals surface area contributed by atoms with E-state index in [1.807, 2.05) is 0 Å². The summed E-state index contributed by atoms with van der Waals surface area (Å²) in [5, 5.41) is 12.1. The fraction of sp³-hybridized carbons (Fsp3) is 0. The first-order valence-electron chi connectivity index (χ1n) is 4.89. The standard InChI is InChI=1S/C11H5F3N2O3/c12-6-3-5(4-7(13)10(6)14)16-9(17)2-1-8(15-16)11(18)19/h1-4H,(H,18,19). The lowest BCUT2D eigenvalue weighted by molar-refractivity contribution is 0.0688. The molecule has 0 radical (unpaired) electrons. The first-order chi connectivity index (χ1) is 8.90. The van der Waals surface area contributed by atoms with E-state index < -0.39 is 40.4 Å². The zero-order chi connectivity index (χ0) is 14.2. The maximum Gasteiger partial charge on any atom is 0.356 e. The van der Waals surface area contributed by atoms with E-state index in [4.69, 9.17) is 5.11 Å². The second-order valence-electron chi connectivity index (χ2n) is 3.50. The van der Waals surface area contributed by atoms with Gasteiger partial charge in [0.25, 0.3) is 5.56 Å². The summed E-state index contributed by atoms with van der Waals surface area (Å²) in [6.45, 7) is 0. The molecule has 1 aromatic heterocycles. The molecule has 2 aromatic rings. The van der Waals surface area contributed by atoms with E-state index in [0.29, 0.717) is 16.8 Å². The topological polar surface area (TPSA) is 72.2 Å². The van der Waals surface area contributed by atoms with Crippen molar-refractivity contribution in [3.63, 3.8) is 0 Å². The van der Waals surface area contributed by atoms with Gasteiger partial charge in [0.15, 0.2) is 23.1 Å². The van der Waals surface area contributed by atoms with Gasteiger partial charge in [-0.3, -0.25) is 4.79 Å². The van der Waals surface area contributed by atoms with Crippen molar-refractivity contribution in [2.45, 2.75) is 0 Å². The van der Waals surface area contributed by atoms with Crippen LogP contribution < -0.4 is 5.56 Å². The largest absolute Gasteiger partial charge is 0.476 e. The van der Waals surface area contributed by atoms with Gasteiger partial charge in [0.2, 0.25) is 0 Å². The van der Waals surface area contributed by atoms with Crippen LogP contribution in [-0.4, -0.2) is 20.9 Å². The number of halogens is 3. The Morgan fingerprint density at radius 2 is 1.74 bits per heavy atom. The van der Waals surface area contributed by atoms with Crippen LogP contribution in [0.4, 0.5) is 13.2 Å². The third-order valence-corrected chi connectivity index (χ3v) is 2.23. The molecule has 0 atom stereocenters. The van der Waals surface area contributed by atoms with Crippen LogP contribution in [0, 0.1) is 17.5 Å². The number of benzene rings is 1. The number of nitrogens with zero attached hydrogens (tertiary/aromatic N) is 2. The normalized spacial score (nSPS) is 10.5. The van der Waals surface area contributed by atoms with Crippen molar-refractivity contribution in [2.24, 2.45) is 0 Å². The molecule has 0 spiro atoms. The van der Waals surface area contributed by atoms with Gasteiger partial charge in [0, 0.05) is 18.2 Å². The Bertz CT molecular complexity index is 704. The van der Waals surface area contributed by atoms with Gasteiger partial charge in [-0.15, -0.1) is 0 Å². The highest BCUT2D eigenvalue weighted by Crippen LogP contribution is 2.15. The predicted octanol–water partition coefficient (Wildman–Crippen LogP) is 1.35. The van der Waals surface area contributed by atoms with Crippen LogP contribution in [0.15, 0.2) is 29.1 Å². The Kier molecular flexibility index (Phi) is 3.07. The Balaban J connectivity index is 2.68. The second kappa shape index (κ2) is 4.56. The third kappa shape index (κ3) is 2.32. The van der Waals surface area contributed by atoms with Crippen molar-refractivity contribution in [3.05, 3.63) is 57.8 Å². The minimum absolute atomic E-state index is 0.412. The van der Waals surface area contributed by atoms with Crippen molar-refractivity contribution in [2.75, 3.05) is 0 Å². The van der Waals surface area contributed by atoms with Crippen LogP contribution in [-0.2, 0) is 0 Å². The quantitative estimate of drug-likeness (QED) is 0.836. The van der Waals surface area contributed by atoms with Crippen molar-refractivity contribution in [3.8, 4) is 5.69 Å². The van der Waals surface area contributed by atoms with E-state index in [1.54, 1.807) is 0 Å². The minimum Gasteiger partial charge on any atom is -0.476 e. The molecule has 2 rings (SSSR count). The first kappa shape index (κ1) is 12.8. The average molecular weight is 270 g/mol. The van der Waals surface area contributed by atoms with Crippen LogP contribution in [0.3, 0.4) is 0 Å². The molecule has 0 fully saturated rings. The van der Waals surface area contributed by atoms with E-state index in [9.17, 15) is 22.8 Å². The average Bonchev–Trinajstić information content (AvgIpc) is 2.35. The van der Waals surface area contributed by atoms with Crippen LogP contribution in [0.5, 0.6) is 0 Å². The molecule has 5 nitrogen and oxygen atoms in total. The van der Waals surface area contributed by atoms with Gasteiger partial charge in [-0.2, -0.15) is 9.78 Å². The number of aromatic carboxylic acids is 1. The van der Waals surface area contributed by atoms with Gasteiger partial charge in [-0.25, -0.2) is 18.0 Å². The summed E-state index contributed by atoms with van der Waals surface area (Å²) in [6, 6.07) is 2.89. The predicted molar refractivity (Wildman–Crippen MR) is 56.7 cm³/mol. The molecule has 1 heterocycles.